The van der Waals surface area contributed by atoms with Gasteiger partial charge in [0.25, 0.3) is 0 Å². The van der Waals surface area contributed by atoms with Crippen LogP contribution in [0.15, 0.2) is 0 Å². The van der Waals surface area contributed by atoms with Crippen LogP contribution in [0.25, 0.3) is 0 Å². The van der Waals surface area contributed by atoms with Gasteiger partial charge in [0, 0.05) is 24.6 Å². The van der Waals surface area contributed by atoms with Crippen LogP contribution in [0.3, 0.4) is 0 Å². The Morgan fingerprint density at radius 2 is 2.05 bits per heavy atom. The van der Waals surface area contributed by atoms with Crippen LogP contribution in [0.2, 0.25) is 0 Å². The number of thioether (sulfide) groups is 1. The van der Waals surface area contributed by atoms with Gasteiger partial charge in [-0.25, -0.2) is 9.59 Å². The molecule has 0 aliphatic carbocycles. The van der Waals surface area contributed by atoms with Gasteiger partial charge in [-0.3, -0.25) is 5.32 Å². The van der Waals surface area contributed by atoms with Gasteiger partial charge in [0.05, 0.1) is 12.8 Å². The van der Waals surface area contributed by atoms with Crippen LogP contribution in [0.1, 0.15) is 16.1 Å². The number of anilines is 1. The van der Waals surface area contributed by atoms with Crippen molar-refractivity contribution in [3.05, 3.63) is 11.3 Å². The molecule has 2 heterocycles. The Balaban J connectivity index is 2.10. The number of amides is 2. The summed E-state index contributed by atoms with van der Waals surface area (Å²) in [6.45, 7) is 3.17. The largest absolute Gasteiger partial charge is 0.465 e. The first kappa shape index (κ1) is 14.1. The lowest BCUT2D eigenvalue weighted by atomic mass is 10.2. The number of esters is 1. The maximum atomic E-state index is 12.1. The van der Waals surface area contributed by atoms with E-state index in [0.29, 0.717) is 16.3 Å². The van der Waals surface area contributed by atoms with Crippen molar-refractivity contribution in [2.75, 3.05) is 37.0 Å². The molecule has 1 saturated heterocycles. The van der Waals surface area contributed by atoms with Gasteiger partial charge in [-0.05, 0) is 18.5 Å². The molecule has 1 aromatic rings. The zero-order valence-electron chi connectivity index (χ0n) is 10.8. The van der Waals surface area contributed by atoms with E-state index in [-0.39, 0.29) is 6.03 Å². The van der Waals surface area contributed by atoms with Crippen molar-refractivity contribution in [3.8, 4) is 0 Å². The van der Waals surface area contributed by atoms with E-state index in [1.807, 2.05) is 11.8 Å². The molecule has 1 aromatic heterocycles. The maximum absolute atomic E-state index is 12.1. The molecule has 0 bridgehead atoms. The topological polar surface area (TPSA) is 71.5 Å². The number of carbonyl (C=O) groups is 2. The molecule has 0 atom stereocenters. The second-order valence-electron chi connectivity index (χ2n) is 3.99. The number of urea groups is 1. The van der Waals surface area contributed by atoms with E-state index in [1.54, 1.807) is 11.8 Å². The molecule has 6 nitrogen and oxygen atoms in total. The zero-order valence-corrected chi connectivity index (χ0v) is 12.4. The molecule has 0 unspecified atom stereocenters. The summed E-state index contributed by atoms with van der Waals surface area (Å²) in [6, 6.07) is -0.186. The highest BCUT2D eigenvalue weighted by atomic mass is 32.2. The number of nitrogens with zero attached hydrogens (tertiary/aromatic N) is 2. The van der Waals surface area contributed by atoms with Gasteiger partial charge >= 0.3 is 12.0 Å². The fourth-order valence-electron chi connectivity index (χ4n) is 1.74. The van der Waals surface area contributed by atoms with Crippen molar-refractivity contribution in [3.63, 3.8) is 0 Å². The minimum absolute atomic E-state index is 0.186. The fraction of sp³-hybridized carbons (Fsp3) is 0.545. The normalized spacial score (nSPS) is 15.2. The Morgan fingerprint density at radius 3 is 2.68 bits per heavy atom. The first-order chi connectivity index (χ1) is 9.13. The fourth-order valence-corrected chi connectivity index (χ4v) is 3.42. The average molecular weight is 301 g/mol. The Hall–Kier alpha value is -1.28. The number of ether oxygens (including phenoxy) is 1. The van der Waals surface area contributed by atoms with Crippen LogP contribution in [-0.4, -0.2) is 53.0 Å². The molecule has 2 rings (SSSR count). The van der Waals surface area contributed by atoms with Crippen molar-refractivity contribution < 1.29 is 14.3 Å². The number of hydrogen-bond acceptors (Lipinski definition) is 6. The van der Waals surface area contributed by atoms with Crippen LogP contribution < -0.4 is 5.32 Å². The van der Waals surface area contributed by atoms with Crippen molar-refractivity contribution in [2.24, 2.45) is 0 Å². The minimum atomic E-state index is -0.476. The Morgan fingerprint density at radius 1 is 1.37 bits per heavy atom. The van der Waals surface area contributed by atoms with E-state index in [4.69, 9.17) is 4.74 Å². The average Bonchev–Trinajstić information content (AvgIpc) is 2.80. The molecule has 0 saturated carbocycles. The highest BCUT2D eigenvalue weighted by Crippen LogP contribution is 2.25. The molecule has 19 heavy (non-hydrogen) atoms. The van der Waals surface area contributed by atoms with Crippen molar-refractivity contribution >= 4 is 40.3 Å². The van der Waals surface area contributed by atoms with E-state index in [2.05, 4.69) is 9.69 Å². The molecule has 1 fully saturated rings. The van der Waals surface area contributed by atoms with Crippen LogP contribution in [0, 0.1) is 6.92 Å². The molecule has 104 valence electrons. The van der Waals surface area contributed by atoms with Gasteiger partial charge in [0.1, 0.15) is 10.6 Å². The Kier molecular flexibility index (Phi) is 4.65. The van der Waals surface area contributed by atoms with Gasteiger partial charge in [0.2, 0.25) is 0 Å². The van der Waals surface area contributed by atoms with E-state index < -0.39 is 5.97 Å². The summed E-state index contributed by atoms with van der Waals surface area (Å²) in [5.74, 6) is 1.41. The summed E-state index contributed by atoms with van der Waals surface area (Å²) in [5.41, 5.74) is 0.911. The summed E-state index contributed by atoms with van der Waals surface area (Å²) < 4.78 is 8.79. The summed E-state index contributed by atoms with van der Waals surface area (Å²) >= 11 is 2.93. The molecule has 1 aliphatic rings. The summed E-state index contributed by atoms with van der Waals surface area (Å²) in [5, 5.41) is 3.20. The molecule has 1 N–H and O–H groups in total. The number of hydrogen-bond donors (Lipinski definition) is 1. The van der Waals surface area contributed by atoms with E-state index in [1.165, 1.54) is 7.11 Å². The predicted molar refractivity (Wildman–Crippen MR) is 76.1 cm³/mol. The van der Waals surface area contributed by atoms with Gasteiger partial charge < -0.3 is 9.64 Å². The Bertz CT molecular complexity index is 484. The molecular weight excluding hydrogens is 286 g/mol. The number of rotatable bonds is 2. The predicted octanol–water partition coefficient (Wildman–Crippen LogP) is 1.82. The minimum Gasteiger partial charge on any atom is -0.465 e. The lowest BCUT2D eigenvalue weighted by molar-refractivity contribution is 0.0601. The number of carbonyl (C=O) groups excluding carboxylic acids is 2. The molecule has 8 heteroatoms. The van der Waals surface area contributed by atoms with Crippen LogP contribution in [0.5, 0.6) is 0 Å². The van der Waals surface area contributed by atoms with E-state index in [9.17, 15) is 9.59 Å². The third kappa shape index (κ3) is 3.19. The van der Waals surface area contributed by atoms with E-state index >= 15 is 0 Å². The van der Waals surface area contributed by atoms with Crippen molar-refractivity contribution in [1.29, 1.82) is 0 Å². The molecule has 0 spiro atoms. The number of methoxy groups -OCH3 is 1. The quantitative estimate of drug-likeness (QED) is 0.844. The molecule has 1 aliphatic heterocycles. The first-order valence-electron chi connectivity index (χ1n) is 5.81. The lowest BCUT2D eigenvalue weighted by Crippen LogP contribution is -2.40. The van der Waals surface area contributed by atoms with Crippen LogP contribution in [-0.2, 0) is 4.74 Å². The Labute approximate surface area is 119 Å². The standard InChI is InChI=1S/C11H15N3O3S2/c1-7-8(10(15)17-2)9(19-13-7)12-11(16)14-3-5-18-6-4-14/h3-6H2,1-2H3,(H,12,16). The second kappa shape index (κ2) is 6.25. The molecule has 0 aromatic carbocycles. The SMILES string of the molecule is COC(=O)c1c(C)nsc1NC(=O)N1CCSCC1. The number of aryl methyl sites for hydroxylation is 1. The van der Waals surface area contributed by atoms with Crippen molar-refractivity contribution in [1.82, 2.24) is 9.27 Å². The van der Waals surface area contributed by atoms with Gasteiger partial charge in [0.15, 0.2) is 0 Å². The van der Waals surface area contributed by atoms with Gasteiger partial charge in [-0.15, -0.1) is 0 Å². The molecule has 2 amide bonds. The monoisotopic (exact) mass is 301 g/mol. The summed E-state index contributed by atoms with van der Waals surface area (Å²) in [4.78, 5) is 25.5. The highest BCUT2D eigenvalue weighted by Gasteiger charge is 2.23. The smallest absolute Gasteiger partial charge is 0.342 e. The lowest BCUT2D eigenvalue weighted by Gasteiger charge is -2.26. The van der Waals surface area contributed by atoms with E-state index in [0.717, 1.165) is 36.1 Å². The van der Waals surface area contributed by atoms with Gasteiger partial charge in [-0.2, -0.15) is 16.1 Å². The highest BCUT2D eigenvalue weighted by molar-refractivity contribution is 7.99. The summed E-state index contributed by atoms with van der Waals surface area (Å²) in [6.07, 6.45) is 0. The number of nitrogens with one attached hydrogen (secondary N) is 1. The van der Waals surface area contributed by atoms with Crippen LogP contribution >= 0.6 is 23.3 Å². The third-order valence-electron chi connectivity index (χ3n) is 2.77. The van der Waals surface area contributed by atoms with Gasteiger partial charge in [-0.1, -0.05) is 0 Å². The first-order valence-corrected chi connectivity index (χ1v) is 7.74. The molecular formula is C11H15N3O3S2. The number of aromatic nitrogens is 1. The van der Waals surface area contributed by atoms with Crippen molar-refractivity contribution in [2.45, 2.75) is 6.92 Å². The zero-order chi connectivity index (χ0) is 13.8. The molecule has 0 radical (unpaired) electrons. The summed E-state index contributed by atoms with van der Waals surface area (Å²) in [7, 11) is 1.31. The maximum Gasteiger partial charge on any atom is 0.342 e. The van der Waals surface area contributed by atoms with Crippen LogP contribution in [0.4, 0.5) is 9.80 Å². The third-order valence-corrected chi connectivity index (χ3v) is 4.57. The second-order valence-corrected chi connectivity index (χ2v) is 5.99.